The summed E-state index contributed by atoms with van der Waals surface area (Å²) >= 11 is 0. The summed E-state index contributed by atoms with van der Waals surface area (Å²) in [6.07, 6.45) is 9.73. The van der Waals surface area contributed by atoms with Crippen LogP contribution in [0.4, 0.5) is 0 Å². The van der Waals surface area contributed by atoms with Gasteiger partial charge < -0.3 is 10.2 Å². The van der Waals surface area contributed by atoms with Gasteiger partial charge in [0.05, 0.1) is 0 Å². The maximum absolute atomic E-state index is 3.48. The summed E-state index contributed by atoms with van der Waals surface area (Å²) in [6.45, 7) is 12.0. The zero-order valence-corrected chi connectivity index (χ0v) is 12.9. The molecule has 0 atom stereocenters. The van der Waals surface area contributed by atoms with Crippen LogP contribution in [0.1, 0.15) is 65.7 Å². The molecular formula is C16H34N2. The first-order chi connectivity index (χ1) is 8.74. The number of hydrogen-bond donors (Lipinski definition) is 1. The summed E-state index contributed by atoms with van der Waals surface area (Å²) in [6, 6.07) is 0.943. The largest absolute Gasteiger partial charge is 0.317 e. The van der Waals surface area contributed by atoms with Gasteiger partial charge in [0.1, 0.15) is 0 Å². The normalized spacial score (nSPS) is 15.8. The Kier molecular flexibility index (Phi) is 8.70. The van der Waals surface area contributed by atoms with Crippen LogP contribution in [0.5, 0.6) is 0 Å². The average Bonchev–Trinajstić information content (AvgIpc) is 3.14. The van der Waals surface area contributed by atoms with Crippen LogP contribution in [0.15, 0.2) is 0 Å². The van der Waals surface area contributed by atoms with E-state index in [0.29, 0.717) is 0 Å². The van der Waals surface area contributed by atoms with Crippen molar-refractivity contribution in [2.75, 3.05) is 26.2 Å². The molecule has 0 aromatic heterocycles. The number of unbranched alkanes of at least 4 members (excludes halogenated alkanes) is 3. The second-order valence-electron chi connectivity index (χ2n) is 6.28. The first-order valence-corrected chi connectivity index (χ1v) is 8.18. The van der Waals surface area contributed by atoms with E-state index in [-0.39, 0.29) is 0 Å². The Morgan fingerprint density at radius 2 is 1.78 bits per heavy atom. The average molecular weight is 254 g/mol. The van der Waals surface area contributed by atoms with Crippen molar-refractivity contribution in [3.05, 3.63) is 0 Å². The molecule has 0 aliphatic heterocycles. The monoisotopic (exact) mass is 254 g/mol. The molecule has 0 amide bonds. The van der Waals surface area contributed by atoms with Gasteiger partial charge in [-0.1, -0.05) is 33.6 Å². The Labute approximate surface area is 115 Å². The highest BCUT2D eigenvalue weighted by Crippen LogP contribution is 2.27. The Hall–Kier alpha value is -0.0800. The van der Waals surface area contributed by atoms with Crippen molar-refractivity contribution in [2.45, 2.75) is 71.8 Å². The lowest BCUT2D eigenvalue weighted by atomic mass is 10.1. The van der Waals surface area contributed by atoms with Gasteiger partial charge in [0, 0.05) is 12.6 Å². The standard InChI is InChI=1S/C16H34N2/c1-4-11-17-12-7-5-6-8-13-18(14-15(2)3)16-9-10-16/h15-17H,4-14H2,1-3H3. The van der Waals surface area contributed by atoms with E-state index in [2.05, 4.69) is 31.0 Å². The van der Waals surface area contributed by atoms with Crippen LogP contribution in [-0.4, -0.2) is 37.1 Å². The molecule has 0 heterocycles. The third-order valence-corrected chi connectivity index (χ3v) is 3.64. The molecule has 0 saturated heterocycles. The molecule has 2 nitrogen and oxygen atoms in total. The molecule has 0 unspecified atom stereocenters. The smallest absolute Gasteiger partial charge is 0.00965 e. The molecule has 0 spiro atoms. The van der Waals surface area contributed by atoms with Crippen LogP contribution in [0.2, 0.25) is 0 Å². The van der Waals surface area contributed by atoms with Crippen LogP contribution >= 0.6 is 0 Å². The van der Waals surface area contributed by atoms with Gasteiger partial charge in [-0.3, -0.25) is 0 Å². The van der Waals surface area contributed by atoms with Crippen molar-refractivity contribution in [3.63, 3.8) is 0 Å². The molecule has 108 valence electrons. The van der Waals surface area contributed by atoms with Gasteiger partial charge >= 0.3 is 0 Å². The van der Waals surface area contributed by atoms with Gasteiger partial charge in [0.15, 0.2) is 0 Å². The lowest BCUT2D eigenvalue weighted by molar-refractivity contribution is 0.229. The first-order valence-electron chi connectivity index (χ1n) is 8.18. The number of nitrogens with zero attached hydrogens (tertiary/aromatic N) is 1. The van der Waals surface area contributed by atoms with Crippen molar-refractivity contribution in [1.29, 1.82) is 0 Å². The summed E-state index contributed by atoms with van der Waals surface area (Å²) in [5.41, 5.74) is 0. The molecule has 0 aromatic rings. The SMILES string of the molecule is CCCNCCCCCCN(CC(C)C)C1CC1. The van der Waals surface area contributed by atoms with Gasteiger partial charge in [0.25, 0.3) is 0 Å². The van der Waals surface area contributed by atoms with E-state index in [4.69, 9.17) is 0 Å². The predicted octanol–water partition coefficient (Wildman–Crippen LogP) is 3.67. The Balaban J connectivity index is 1.91. The Morgan fingerprint density at radius 1 is 1.06 bits per heavy atom. The van der Waals surface area contributed by atoms with E-state index in [9.17, 15) is 0 Å². The highest BCUT2D eigenvalue weighted by atomic mass is 15.2. The topological polar surface area (TPSA) is 15.3 Å². The molecule has 1 aliphatic carbocycles. The fraction of sp³-hybridized carbons (Fsp3) is 1.00. The van der Waals surface area contributed by atoms with Crippen molar-refractivity contribution in [2.24, 2.45) is 5.92 Å². The van der Waals surface area contributed by atoms with Crippen LogP contribution < -0.4 is 5.32 Å². The lowest BCUT2D eigenvalue weighted by Crippen LogP contribution is -2.31. The van der Waals surface area contributed by atoms with E-state index in [1.54, 1.807) is 0 Å². The van der Waals surface area contributed by atoms with Crippen LogP contribution in [0.25, 0.3) is 0 Å². The zero-order chi connectivity index (χ0) is 13.2. The van der Waals surface area contributed by atoms with Gasteiger partial charge in [0.2, 0.25) is 0 Å². The van der Waals surface area contributed by atoms with E-state index in [0.717, 1.165) is 12.0 Å². The second kappa shape index (κ2) is 9.80. The molecule has 0 radical (unpaired) electrons. The minimum Gasteiger partial charge on any atom is -0.317 e. The van der Waals surface area contributed by atoms with E-state index in [1.165, 1.54) is 71.1 Å². The fourth-order valence-electron chi connectivity index (χ4n) is 2.55. The Bertz CT molecular complexity index is 188. The molecule has 1 fully saturated rings. The summed E-state index contributed by atoms with van der Waals surface area (Å²) in [5.74, 6) is 0.823. The number of hydrogen-bond acceptors (Lipinski definition) is 2. The highest BCUT2D eigenvalue weighted by Gasteiger charge is 2.28. The molecule has 0 aromatic carbocycles. The second-order valence-corrected chi connectivity index (χ2v) is 6.28. The van der Waals surface area contributed by atoms with Gasteiger partial charge in [-0.2, -0.15) is 0 Å². The van der Waals surface area contributed by atoms with Gasteiger partial charge in [-0.25, -0.2) is 0 Å². The van der Waals surface area contributed by atoms with Crippen LogP contribution in [0.3, 0.4) is 0 Å². The molecule has 0 bridgehead atoms. The maximum atomic E-state index is 3.48. The van der Waals surface area contributed by atoms with E-state index >= 15 is 0 Å². The lowest BCUT2D eigenvalue weighted by Gasteiger charge is -2.23. The van der Waals surface area contributed by atoms with Gasteiger partial charge in [-0.05, 0) is 57.7 Å². The number of nitrogens with one attached hydrogen (secondary N) is 1. The maximum Gasteiger partial charge on any atom is 0.00965 e. The molecule has 1 aliphatic rings. The summed E-state index contributed by atoms with van der Waals surface area (Å²) in [5, 5.41) is 3.48. The van der Waals surface area contributed by atoms with Crippen molar-refractivity contribution < 1.29 is 0 Å². The first kappa shape index (κ1) is 16.0. The fourth-order valence-corrected chi connectivity index (χ4v) is 2.55. The summed E-state index contributed by atoms with van der Waals surface area (Å²) in [4.78, 5) is 2.74. The third-order valence-electron chi connectivity index (χ3n) is 3.64. The predicted molar refractivity (Wildman–Crippen MR) is 81.1 cm³/mol. The van der Waals surface area contributed by atoms with E-state index in [1.807, 2.05) is 0 Å². The Morgan fingerprint density at radius 3 is 2.39 bits per heavy atom. The van der Waals surface area contributed by atoms with Gasteiger partial charge in [-0.15, -0.1) is 0 Å². The molecular weight excluding hydrogens is 220 g/mol. The van der Waals surface area contributed by atoms with Crippen molar-refractivity contribution >= 4 is 0 Å². The van der Waals surface area contributed by atoms with Crippen molar-refractivity contribution in [1.82, 2.24) is 10.2 Å². The molecule has 18 heavy (non-hydrogen) atoms. The summed E-state index contributed by atoms with van der Waals surface area (Å²) in [7, 11) is 0. The molecule has 1 N–H and O–H groups in total. The quantitative estimate of drug-likeness (QED) is 0.535. The minimum absolute atomic E-state index is 0.823. The van der Waals surface area contributed by atoms with Crippen molar-refractivity contribution in [3.8, 4) is 0 Å². The van der Waals surface area contributed by atoms with E-state index < -0.39 is 0 Å². The molecule has 2 heteroatoms. The van der Waals surface area contributed by atoms with Crippen LogP contribution in [-0.2, 0) is 0 Å². The number of rotatable bonds is 12. The molecule has 1 saturated carbocycles. The molecule has 1 rings (SSSR count). The highest BCUT2D eigenvalue weighted by molar-refractivity contribution is 4.84. The zero-order valence-electron chi connectivity index (χ0n) is 12.9. The summed E-state index contributed by atoms with van der Waals surface area (Å²) < 4.78 is 0. The van der Waals surface area contributed by atoms with Crippen LogP contribution in [0, 0.1) is 5.92 Å². The third kappa shape index (κ3) is 8.10. The minimum atomic E-state index is 0.823.